The molecule has 0 spiro atoms. The highest BCUT2D eigenvalue weighted by Crippen LogP contribution is 2.21. The largest absolute Gasteiger partial charge is 0.491 e. The van der Waals surface area contributed by atoms with Crippen molar-refractivity contribution in [2.45, 2.75) is 38.9 Å². The number of epoxide rings is 2. The number of hydrogen-bond donors (Lipinski definition) is 0. The van der Waals surface area contributed by atoms with Gasteiger partial charge >= 0.3 is 0 Å². The van der Waals surface area contributed by atoms with Crippen LogP contribution in [0.3, 0.4) is 0 Å². The SMILES string of the molecule is CCc1ccc(-c2ccc(CC)cc2)cc1.[HH].c1ccc(OCC2CO2)cc1.c1ccc(OCC2CO2)cc1. The molecule has 38 heavy (non-hydrogen) atoms. The zero-order valence-electron chi connectivity index (χ0n) is 22.4. The fourth-order valence-corrected chi connectivity index (χ4v) is 3.61. The second kappa shape index (κ2) is 15.0. The average molecular weight is 513 g/mol. The van der Waals surface area contributed by atoms with Crippen LogP contribution in [0.25, 0.3) is 11.1 Å². The second-order valence-electron chi connectivity index (χ2n) is 9.26. The standard InChI is InChI=1S/C16H18.2C9H10O2.H2/c1-3-13-5-9-15(10-6-13)16-11-7-14(4-2)8-12-16;2*1-2-4-8(5-3-1)10-6-9-7-11-9;/h5-12H,3-4H2,1-2H3;2*1-5,9H,6-7H2;1H. The Morgan fingerprint density at radius 2 is 0.895 bits per heavy atom. The molecule has 2 atom stereocenters. The van der Waals surface area contributed by atoms with Crippen molar-refractivity contribution in [3.8, 4) is 22.6 Å². The molecule has 0 aliphatic carbocycles. The molecule has 0 aromatic heterocycles. The van der Waals surface area contributed by atoms with E-state index in [1.807, 2.05) is 60.7 Å². The molecule has 0 radical (unpaired) electrons. The van der Waals surface area contributed by atoms with Crippen LogP contribution in [0.15, 0.2) is 109 Å². The van der Waals surface area contributed by atoms with E-state index >= 15 is 0 Å². The number of rotatable bonds is 9. The summed E-state index contributed by atoms with van der Waals surface area (Å²) in [6.07, 6.45) is 2.90. The molecular weight excluding hydrogens is 472 g/mol. The summed E-state index contributed by atoms with van der Waals surface area (Å²) >= 11 is 0. The quantitative estimate of drug-likeness (QED) is 0.216. The molecular formula is C34H40O4. The Hall–Kier alpha value is -3.60. The van der Waals surface area contributed by atoms with E-state index in [9.17, 15) is 0 Å². The normalized spacial score (nSPS) is 16.7. The number of hydrogen-bond acceptors (Lipinski definition) is 4. The van der Waals surface area contributed by atoms with Crippen molar-refractivity contribution in [1.82, 2.24) is 0 Å². The van der Waals surface area contributed by atoms with Gasteiger partial charge in [-0.2, -0.15) is 0 Å². The molecule has 2 unspecified atom stereocenters. The van der Waals surface area contributed by atoms with E-state index in [1.54, 1.807) is 0 Å². The molecule has 0 saturated carbocycles. The lowest BCUT2D eigenvalue weighted by molar-refractivity contribution is 0.263. The Labute approximate surface area is 228 Å². The van der Waals surface area contributed by atoms with Gasteiger partial charge in [0.05, 0.1) is 13.2 Å². The summed E-state index contributed by atoms with van der Waals surface area (Å²) in [5, 5.41) is 0. The first-order valence-corrected chi connectivity index (χ1v) is 13.5. The van der Waals surface area contributed by atoms with Gasteiger partial charge in [0.25, 0.3) is 0 Å². The Morgan fingerprint density at radius 3 is 1.18 bits per heavy atom. The number of para-hydroxylation sites is 2. The van der Waals surface area contributed by atoms with Gasteiger partial charge in [-0.1, -0.05) is 98.8 Å². The van der Waals surface area contributed by atoms with Crippen LogP contribution in [0, 0.1) is 0 Å². The van der Waals surface area contributed by atoms with Gasteiger partial charge in [-0.25, -0.2) is 0 Å². The fraction of sp³-hybridized carbons (Fsp3) is 0.294. The first-order valence-electron chi connectivity index (χ1n) is 13.5. The monoisotopic (exact) mass is 512 g/mol. The summed E-state index contributed by atoms with van der Waals surface area (Å²) in [6.45, 7) is 7.45. The van der Waals surface area contributed by atoms with Gasteiger partial charge in [-0.05, 0) is 59.4 Å². The van der Waals surface area contributed by atoms with E-state index in [0.717, 1.165) is 37.6 Å². The van der Waals surface area contributed by atoms with E-state index in [4.69, 9.17) is 18.9 Å². The number of aryl methyl sites for hydroxylation is 2. The summed E-state index contributed by atoms with van der Waals surface area (Å²) in [6, 6.07) is 37.3. The van der Waals surface area contributed by atoms with E-state index in [1.165, 1.54) is 22.3 Å². The summed E-state index contributed by atoms with van der Waals surface area (Å²) in [4.78, 5) is 0. The van der Waals surface area contributed by atoms with Gasteiger partial charge in [0, 0.05) is 1.43 Å². The fourth-order valence-electron chi connectivity index (χ4n) is 3.61. The molecule has 2 saturated heterocycles. The van der Waals surface area contributed by atoms with Crippen LogP contribution in [0.4, 0.5) is 0 Å². The minimum Gasteiger partial charge on any atom is -0.491 e. The van der Waals surface area contributed by atoms with E-state index < -0.39 is 0 Å². The molecule has 4 aromatic rings. The van der Waals surface area contributed by atoms with Crippen LogP contribution in [-0.4, -0.2) is 38.6 Å². The van der Waals surface area contributed by atoms with Crippen molar-refractivity contribution in [1.29, 1.82) is 0 Å². The van der Waals surface area contributed by atoms with E-state index in [2.05, 4.69) is 62.4 Å². The lowest BCUT2D eigenvalue weighted by Gasteiger charge is -2.04. The maximum atomic E-state index is 5.40. The molecule has 4 nitrogen and oxygen atoms in total. The van der Waals surface area contributed by atoms with Crippen molar-refractivity contribution in [2.24, 2.45) is 0 Å². The maximum absolute atomic E-state index is 5.40. The molecule has 6 rings (SSSR count). The number of benzene rings is 4. The van der Waals surface area contributed by atoms with Crippen LogP contribution in [0.1, 0.15) is 26.4 Å². The molecule has 0 amide bonds. The van der Waals surface area contributed by atoms with Crippen molar-refractivity contribution >= 4 is 0 Å². The summed E-state index contributed by atoms with van der Waals surface area (Å²) in [5.41, 5.74) is 5.41. The molecule has 0 N–H and O–H groups in total. The molecule has 0 bridgehead atoms. The van der Waals surface area contributed by atoms with E-state index in [-0.39, 0.29) is 1.43 Å². The smallest absolute Gasteiger partial charge is 0.119 e. The maximum Gasteiger partial charge on any atom is 0.119 e. The first kappa shape index (κ1) is 27.4. The van der Waals surface area contributed by atoms with Crippen LogP contribution in [0.2, 0.25) is 0 Å². The Balaban J connectivity index is 0.000000164. The lowest BCUT2D eigenvalue weighted by Crippen LogP contribution is -2.03. The first-order chi connectivity index (χ1) is 18.7. The zero-order valence-corrected chi connectivity index (χ0v) is 22.4. The summed E-state index contributed by atoms with van der Waals surface area (Å²) in [5.74, 6) is 1.84. The Bertz CT molecular complexity index is 1080. The number of ether oxygens (including phenoxy) is 4. The average Bonchev–Trinajstić information content (AvgIpc) is 3.93. The van der Waals surface area contributed by atoms with Gasteiger partial charge in [0.15, 0.2) is 0 Å². The zero-order chi connectivity index (χ0) is 26.4. The van der Waals surface area contributed by atoms with Crippen LogP contribution < -0.4 is 9.47 Å². The van der Waals surface area contributed by atoms with Crippen LogP contribution >= 0.6 is 0 Å². The van der Waals surface area contributed by atoms with E-state index in [0.29, 0.717) is 25.4 Å². The van der Waals surface area contributed by atoms with Gasteiger partial charge in [0.2, 0.25) is 0 Å². The van der Waals surface area contributed by atoms with Crippen LogP contribution in [-0.2, 0) is 22.3 Å². The van der Waals surface area contributed by atoms with Gasteiger partial charge < -0.3 is 18.9 Å². The highest BCUT2D eigenvalue weighted by atomic mass is 16.6. The highest BCUT2D eigenvalue weighted by Gasteiger charge is 2.23. The van der Waals surface area contributed by atoms with Gasteiger partial charge in [-0.3, -0.25) is 0 Å². The third-order valence-corrected chi connectivity index (χ3v) is 6.22. The predicted molar refractivity (Wildman–Crippen MR) is 156 cm³/mol. The molecule has 2 heterocycles. The molecule has 2 fully saturated rings. The molecule has 4 heteroatoms. The third kappa shape index (κ3) is 10.0. The Kier molecular flexibility index (Phi) is 10.8. The molecule has 2 aliphatic rings. The molecule has 200 valence electrons. The van der Waals surface area contributed by atoms with Gasteiger partial charge in [0.1, 0.15) is 36.9 Å². The lowest BCUT2D eigenvalue weighted by atomic mass is 10.0. The van der Waals surface area contributed by atoms with Crippen molar-refractivity contribution < 1.29 is 20.4 Å². The minimum absolute atomic E-state index is 0. The summed E-state index contributed by atoms with van der Waals surface area (Å²) in [7, 11) is 0. The van der Waals surface area contributed by atoms with Crippen LogP contribution in [0.5, 0.6) is 11.5 Å². The summed E-state index contributed by atoms with van der Waals surface area (Å²) < 4.78 is 20.8. The Morgan fingerprint density at radius 1 is 0.553 bits per heavy atom. The third-order valence-electron chi connectivity index (χ3n) is 6.22. The molecule has 2 aliphatic heterocycles. The van der Waals surface area contributed by atoms with Crippen molar-refractivity contribution in [3.63, 3.8) is 0 Å². The van der Waals surface area contributed by atoms with Crippen molar-refractivity contribution in [3.05, 3.63) is 120 Å². The molecule has 4 aromatic carbocycles. The van der Waals surface area contributed by atoms with Gasteiger partial charge in [-0.15, -0.1) is 0 Å². The minimum atomic E-state index is 0. The van der Waals surface area contributed by atoms with Crippen molar-refractivity contribution in [2.75, 3.05) is 26.4 Å². The predicted octanol–water partition coefficient (Wildman–Crippen LogP) is 7.65. The second-order valence-corrected chi connectivity index (χ2v) is 9.26. The highest BCUT2D eigenvalue weighted by molar-refractivity contribution is 5.63. The topological polar surface area (TPSA) is 43.5 Å².